The smallest absolute Gasteiger partial charge is 0.339 e. The summed E-state index contributed by atoms with van der Waals surface area (Å²) >= 11 is 0. The van der Waals surface area contributed by atoms with Crippen molar-refractivity contribution in [3.8, 4) is 0 Å². The van der Waals surface area contributed by atoms with E-state index in [2.05, 4.69) is 9.47 Å². The first kappa shape index (κ1) is 15.0. The van der Waals surface area contributed by atoms with E-state index in [-0.39, 0.29) is 11.1 Å². The first-order chi connectivity index (χ1) is 9.01. The Morgan fingerprint density at radius 2 is 1.68 bits per heavy atom. The van der Waals surface area contributed by atoms with Crippen LogP contribution in [0.25, 0.3) is 0 Å². The molecule has 1 unspecified atom stereocenters. The summed E-state index contributed by atoms with van der Waals surface area (Å²) in [6.45, 7) is -1.51. The number of esters is 2. The second kappa shape index (κ2) is 6.77. The minimum Gasteiger partial charge on any atom is -0.465 e. The molecule has 0 saturated heterocycles. The van der Waals surface area contributed by atoms with Gasteiger partial charge in [-0.1, -0.05) is 12.1 Å². The highest BCUT2D eigenvalue weighted by molar-refractivity contribution is 6.03. The number of hydrogen-bond acceptors (Lipinski definition) is 4. The molecule has 0 aliphatic heterocycles. The molecule has 0 radical (unpaired) electrons. The number of halogens is 3. The van der Waals surface area contributed by atoms with Gasteiger partial charge in [-0.05, 0) is 12.1 Å². The zero-order chi connectivity index (χ0) is 14.4. The molecule has 0 bridgehead atoms. The van der Waals surface area contributed by atoms with E-state index < -0.39 is 31.1 Å². The van der Waals surface area contributed by atoms with Crippen LogP contribution in [-0.4, -0.2) is 38.3 Å². The maximum absolute atomic E-state index is 12.3. The van der Waals surface area contributed by atoms with Gasteiger partial charge in [-0.15, -0.1) is 0 Å². The van der Waals surface area contributed by atoms with Crippen molar-refractivity contribution in [1.29, 1.82) is 0 Å². The lowest BCUT2D eigenvalue weighted by Crippen LogP contribution is -2.28. The van der Waals surface area contributed by atoms with Crippen molar-refractivity contribution < 1.29 is 32.2 Å². The number of carbonyl (C=O) groups is 2. The molecular formula is C12H11F3O4. The number of alkyl halides is 3. The van der Waals surface area contributed by atoms with Crippen LogP contribution in [0.3, 0.4) is 0 Å². The van der Waals surface area contributed by atoms with E-state index in [1.807, 2.05) is 0 Å². The summed E-state index contributed by atoms with van der Waals surface area (Å²) in [5.41, 5.74) is -0.393. The van der Waals surface area contributed by atoms with Crippen LogP contribution in [0.1, 0.15) is 20.7 Å². The van der Waals surface area contributed by atoms with E-state index in [9.17, 15) is 22.8 Å². The van der Waals surface area contributed by atoms with Crippen molar-refractivity contribution in [1.82, 2.24) is 0 Å². The van der Waals surface area contributed by atoms with Crippen molar-refractivity contribution in [2.75, 3.05) is 13.8 Å². The fourth-order valence-corrected chi connectivity index (χ4v) is 1.30. The number of carbonyl (C=O) groups excluding carboxylic acids is 2. The molecule has 7 heteroatoms. The molecule has 0 fully saturated rings. The molecule has 0 spiro atoms. The van der Waals surface area contributed by atoms with Crippen LogP contribution in [0.5, 0.6) is 0 Å². The first-order valence-corrected chi connectivity index (χ1v) is 5.23. The summed E-state index contributed by atoms with van der Waals surface area (Å²) in [7, 11) is 1.11. The molecule has 0 aliphatic rings. The van der Waals surface area contributed by atoms with Gasteiger partial charge in [0.2, 0.25) is 0 Å². The Hall–Kier alpha value is -2.05. The zero-order valence-electron chi connectivity index (χ0n) is 9.94. The van der Waals surface area contributed by atoms with Gasteiger partial charge < -0.3 is 9.47 Å². The van der Waals surface area contributed by atoms with Gasteiger partial charge >= 0.3 is 11.9 Å². The van der Waals surface area contributed by atoms with Crippen LogP contribution in [0.4, 0.5) is 13.2 Å². The second-order valence-electron chi connectivity index (χ2n) is 3.47. The fraction of sp³-hybridized carbons (Fsp3) is 0.333. The molecule has 19 heavy (non-hydrogen) atoms. The van der Waals surface area contributed by atoms with Crippen LogP contribution < -0.4 is 0 Å². The Kier molecular flexibility index (Phi) is 5.35. The number of benzene rings is 1. The Morgan fingerprint density at radius 1 is 1.16 bits per heavy atom. The third-order valence-electron chi connectivity index (χ3n) is 2.24. The minimum absolute atomic E-state index is 0.137. The molecule has 104 valence electrons. The van der Waals surface area contributed by atoms with Crippen molar-refractivity contribution in [2.45, 2.75) is 12.5 Å². The van der Waals surface area contributed by atoms with E-state index >= 15 is 0 Å². The topological polar surface area (TPSA) is 52.6 Å². The SMILES string of the molecule is COC(=O)c1ccccc1C(=O)OC(CF)C(F)F. The van der Waals surface area contributed by atoms with Gasteiger partial charge in [-0.25, -0.2) is 22.8 Å². The summed E-state index contributed by atoms with van der Waals surface area (Å²) in [4.78, 5) is 23.0. The van der Waals surface area contributed by atoms with Crippen LogP contribution in [0.15, 0.2) is 24.3 Å². The van der Waals surface area contributed by atoms with Crippen LogP contribution in [-0.2, 0) is 9.47 Å². The summed E-state index contributed by atoms with van der Waals surface area (Å²) < 4.78 is 45.6. The van der Waals surface area contributed by atoms with Crippen LogP contribution in [0, 0.1) is 0 Å². The predicted molar refractivity (Wildman–Crippen MR) is 59.0 cm³/mol. The Balaban J connectivity index is 2.97. The van der Waals surface area contributed by atoms with E-state index in [1.165, 1.54) is 24.3 Å². The molecule has 0 aliphatic carbocycles. The molecule has 1 aromatic rings. The highest BCUT2D eigenvalue weighted by Gasteiger charge is 2.27. The lowest BCUT2D eigenvalue weighted by Gasteiger charge is -2.14. The van der Waals surface area contributed by atoms with E-state index in [0.717, 1.165) is 7.11 Å². The van der Waals surface area contributed by atoms with Crippen LogP contribution in [0.2, 0.25) is 0 Å². The molecule has 1 atom stereocenters. The lowest BCUT2D eigenvalue weighted by molar-refractivity contribution is -0.0422. The summed E-state index contributed by atoms with van der Waals surface area (Å²) in [6.07, 6.45) is -5.29. The monoisotopic (exact) mass is 276 g/mol. The molecule has 4 nitrogen and oxygen atoms in total. The van der Waals surface area contributed by atoms with E-state index in [1.54, 1.807) is 0 Å². The molecule has 0 heterocycles. The van der Waals surface area contributed by atoms with Crippen molar-refractivity contribution >= 4 is 11.9 Å². The van der Waals surface area contributed by atoms with Gasteiger partial charge in [0.1, 0.15) is 6.67 Å². The van der Waals surface area contributed by atoms with E-state index in [4.69, 9.17) is 0 Å². The van der Waals surface area contributed by atoms with Gasteiger partial charge in [0.05, 0.1) is 18.2 Å². The molecule has 1 rings (SSSR count). The highest BCUT2D eigenvalue weighted by atomic mass is 19.3. The fourth-order valence-electron chi connectivity index (χ4n) is 1.30. The van der Waals surface area contributed by atoms with Gasteiger partial charge in [0, 0.05) is 0 Å². The molecule has 0 N–H and O–H groups in total. The highest BCUT2D eigenvalue weighted by Crippen LogP contribution is 2.15. The van der Waals surface area contributed by atoms with Gasteiger partial charge in [0.15, 0.2) is 6.10 Å². The van der Waals surface area contributed by atoms with Crippen molar-refractivity contribution in [3.63, 3.8) is 0 Å². The maximum Gasteiger partial charge on any atom is 0.339 e. The third kappa shape index (κ3) is 3.70. The Morgan fingerprint density at radius 3 is 2.11 bits per heavy atom. The van der Waals surface area contributed by atoms with Gasteiger partial charge in [0.25, 0.3) is 6.43 Å². The normalized spacial score (nSPS) is 12.1. The molecule has 0 amide bonds. The number of rotatable bonds is 5. The number of ether oxygens (including phenoxy) is 2. The first-order valence-electron chi connectivity index (χ1n) is 5.23. The van der Waals surface area contributed by atoms with Gasteiger partial charge in [-0.2, -0.15) is 0 Å². The summed E-state index contributed by atoms with van der Waals surface area (Å²) in [5.74, 6) is -2.02. The van der Waals surface area contributed by atoms with Crippen LogP contribution >= 0.6 is 0 Å². The third-order valence-corrected chi connectivity index (χ3v) is 2.24. The Bertz CT molecular complexity index is 462. The number of methoxy groups -OCH3 is 1. The lowest BCUT2D eigenvalue weighted by atomic mass is 10.1. The second-order valence-corrected chi connectivity index (χ2v) is 3.47. The van der Waals surface area contributed by atoms with E-state index in [0.29, 0.717) is 0 Å². The van der Waals surface area contributed by atoms with Crippen molar-refractivity contribution in [3.05, 3.63) is 35.4 Å². The molecule has 0 aromatic heterocycles. The summed E-state index contributed by atoms with van der Waals surface area (Å²) in [6, 6.07) is 5.35. The predicted octanol–water partition coefficient (Wildman–Crippen LogP) is 2.23. The quantitative estimate of drug-likeness (QED) is 0.774. The molecule has 0 saturated carbocycles. The number of hydrogen-bond donors (Lipinski definition) is 0. The maximum atomic E-state index is 12.3. The standard InChI is InChI=1S/C12H11F3O4/c1-18-11(16)7-4-2-3-5-8(7)12(17)19-9(6-13)10(14)15/h2-5,9-10H,6H2,1H3. The van der Waals surface area contributed by atoms with Crippen molar-refractivity contribution in [2.24, 2.45) is 0 Å². The largest absolute Gasteiger partial charge is 0.465 e. The molecular weight excluding hydrogens is 265 g/mol. The Labute approximate surface area is 107 Å². The molecule has 1 aromatic carbocycles. The summed E-state index contributed by atoms with van der Waals surface area (Å²) in [5, 5.41) is 0. The average molecular weight is 276 g/mol. The van der Waals surface area contributed by atoms with Gasteiger partial charge in [-0.3, -0.25) is 0 Å². The minimum atomic E-state index is -3.14. The average Bonchev–Trinajstić information content (AvgIpc) is 2.43. The zero-order valence-corrected chi connectivity index (χ0v) is 9.94.